The molecule has 4 aromatic rings. The van der Waals surface area contributed by atoms with Gasteiger partial charge in [-0.25, -0.2) is 15.0 Å². The number of carbonyl (C=O) groups excluding carboxylic acids is 1. The quantitative estimate of drug-likeness (QED) is 0.429. The highest BCUT2D eigenvalue weighted by molar-refractivity contribution is 6.04. The Labute approximate surface area is 212 Å². The van der Waals surface area contributed by atoms with Gasteiger partial charge in [0.2, 0.25) is 0 Å². The average Bonchev–Trinajstić information content (AvgIpc) is 3.49. The number of fused-ring (bicyclic) bond motifs is 1. The molecule has 0 saturated heterocycles. The number of hydrogen-bond donors (Lipinski definition) is 1. The van der Waals surface area contributed by atoms with Crippen molar-refractivity contribution >= 4 is 17.3 Å². The van der Waals surface area contributed by atoms with Crippen LogP contribution >= 0.6 is 0 Å². The van der Waals surface area contributed by atoms with Gasteiger partial charge in [0.05, 0.1) is 30.1 Å². The number of hydrogen-bond acceptors (Lipinski definition) is 5. The van der Waals surface area contributed by atoms with Crippen LogP contribution < -0.4 is 10.2 Å². The molecule has 2 aromatic heterocycles. The van der Waals surface area contributed by atoms with Gasteiger partial charge in [-0.1, -0.05) is 26.8 Å². The number of imidazole rings is 1. The number of aromatic nitrogens is 4. The molecule has 0 saturated carbocycles. The van der Waals surface area contributed by atoms with Crippen LogP contribution in [-0.2, 0) is 18.3 Å². The molecule has 1 amide bonds. The van der Waals surface area contributed by atoms with E-state index in [1.807, 2.05) is 48.3 Å². The Kier molecular flexibility index (Phi) is 6.08. The molecule has 0 radical (unpaired) electrons. The molecule has 1 aliphatic rings. The molecular weight excluding hydrogens is 448 g/mol. The van der Waals surface area contributed by atoms with Crippen LogP contribution in [0.2, 0.25) is 0 Å². The van der Waals surface area contributed by atoms with Gasteiger partial charge in [0.25, 0.3) is 5.91 Å². The molecule has 0 bridgehead atoms. The number of carbonyl (C=O) groups is 1. The Bertz CT molecular complexity index is 1400. The van der Waals surface area contributed by atoms with E-state index in [0.29, 0.717) is 11.6 Å². The highest BCUT2D eigenvalue weighted by Crippen LogP contribution is 2.30. The van der Waals surface area contributed by atoms with Crippen LogP contribution in [0.4, 0.5) is 11.4 Å². The lowest BCUT2D eigenvalue weighted by molar-refractivity contribution is 0.102. The van der Waals surface area contributed by atoms with E-state index < -0.39 is 0 Å². The van der Waals surface area contributed by atoms with Gasteiger partial charge in [-0.3, -0.25) is 4.79 Å². The first-order valence-corrected chi connectivity index (χ1v) is 12.2. The number of likely N-dealkylation sites (N-methyl/N-ethyl adjacent to an activating group) is 1. The van der Waals surface area contributed by atoms with E-state index in [0.717, 1.165) is 41.2 Å². The maximum Gasteiger partial charge on any atom is 0.255 e. The summed E-state index contributed by atoms with van der Waals surface area (Å²) >= 11 is 0. The molecule has 0 fully saturated rings. The molecule has 2 aromatic carbocycles. The van der Waals surface area contributed by atoms with Crippen molar-refractivity contribution in [1.82, 2.24) is 19.5 Å². The van der Waals surface area contributed by atoms with E-state index in [1.165, 1.54) is 11.1 Å². The summed E-state index contributed by atoms with van der Waals surface area (Å²) in [6.45, 7) is 8.49. The zero-order valence-electron chi connectivity index (χ0n) is 21.5. The Balaban J connectivity index is 1.37. The van der Waals surface area contributed by atoms with E-state index in [4.69, 9.17) is 0 Å². The average molecular weight is 481 g/mol. The second kappa shape index (κ2) is 9.22. The molecule has 0 unspecified atom stereocenters. The van der Waals surface area contributed by atoms with Crippen LogP contribution in [0.5, 0.6) is 0 Å². The van der Waals surface area contributed by atoms with Crippen molar-refractivity contribution in [2.24, 2.45) is 0 Å². The minimum absolute atomic E-state index is 0.0660. The first kappa shape index (κ1) is 23.7. The summed E-state index contributed by atoms with van der Waals surface area (Å²) in [5.41, 5.74) is 7.94. The van der Waals surface area contributed by atoms with Gasteiger partial charge in [0.15, 0.2) is 0 Å². The first-order valence-electron chi connectivity index (χ1n) is 12.2. The lowest BCUT2D eigenvalue weighted by atomic mass is 9.86. The summed E-state index contributed by atoms with van der Waals surface area (Å²) < 4.78 is 1.99. The van der Waals surface area contributed by atoms with Crippen molar-refractivity contribution in [2.75, 3.05) is 17.3 Å². The summed E-state index contributed by atoms with van der Waals surface area (Å²) in [5, 5.41) is 3.14. The summed E-state index contributed by atoms with van der Waals surface area (Å²) in [7, 11) is 2.07. The second-order valence-corrected chi connectivity index (χ2v) is 10.6. The predicted molar refractivity (Wildman–Crippen MR) is 143 cm³/mol. The number of nitrogens with zero attached hydrogens (tertiary/aromatic N) is 5. The number of rotatable bonds is 5. The third-order valence-corrected chi connectivity index (χ3v) is 6.93. The van der Waals surface area contributed by atoms with Crippen LogP contribution in [0.3, 0.4) is 0 Å². The van der Waals surface area contributed by atoms with Crippen LogP contribution in [0.15, 0.2) is 67.6 Å². The van der Waals surface area contributed by atoms with Crippen LogP contribution in [0, 0.1) is 6.92 Å². The lowest BCUT2D eigenvalue weighted by Gasteiger charge is -2.25. The Hall–Kier alpha value is -4.00. The summed E-state index contributed by atoms with van der Waals surface area (Å²) in [6, 6.07) is 12.6. The van der Waals surface area contributed by atoms with Gasteiger partial charge >= 0.3 is 0 Å². The smallest absolute Gasteiger partial charge is 0.255 e. The molecular formula is C29H32N6O. The fraction of sp³-hybridized carbons (Fsp3) is 0.310. The third-order valence-electron chi connectivity index (χ3n) is 6.93. The van der Waals surface area contributed by atoms with Gasteiger partial charge in [-0.05, 0) is 72.2 Å². The fourth-order valence-corrected chi connectivity index (χ4v) is 4.73. The number of aryl methyl sites for hydroxylation is 1. The van der Waals surface area contributed by atoms with Crippen molar-refractivity contribution < 1.29 is 4.79 Å². The van der Waals surface area contributed by atoms with Crippen LogP contribution in [-0.4, -0.2) is 38.5 Å². The molecule has 7 heteroatoms. The van der Waals surface area contributed by atoms with Crippen molar-refractivity contribution in [2.45, 2.75) is 52.0 Å². The van der Waals surface area contributed by atoms with E-state index in [1.54, 1.807) is 12.7 Å². The maximum absolute atomic E-state index is 13.3. The lowest BCUT2D eigenvalue weighted by Crippen LogP contribution is -2.32. The van der Waals surface area contributed by atoms with Gasteiger partial charge in [0, 0.05) is 36.2 Å². The summed E-state index contributed by atoms with van der Waals surface area (Å²) in [5.74, 6) is -0.107. The SMILES string of the molecule is Cc1cn(-c2cc(NC(=O)c3ccc4c(c3)C[C@H](N(C)c3cncnc3)C4)cc(C(C)(C)C)c2)cn1. The van der Waals surface area contributed by atoms with Crippen molar-refractivity contribution in [3.05, 3.63) is 95.6 Å². The predicted octanol–water partition coefficient (Wildman–Crippen LogP) is 5.12. The van der Waals surface area contributed by atoms with E-state index >= 15 is 0 Å². The molecule has 5 rings (SSSR count). The molecule has 0 aliphatic heterocycles. The van der Waals surface area contributed by atoms with E-state index in [2.05, 4.69) is 71.2 Å². The second-order valence-electron chi connectivity index (χ2n) is 10.6. The third kappa shape index (κ3) is 4.87. The monoisotopic (exact) mass is 480 g/mol. The molecule has 1 aliphatic carbocycles. The van der Waals surface area contributed by atoms with Crippen molar-refractivity contribution in [3.63, 3.8) is 0 Å². The van der Waals surface area contributed by atoms with E-state index in [9.17, 15) is 4.79 Å². The fourth-order valence-electron chi connectivity index (χ4n) is 4.73. The van der Waals surface area contributed by atoms with Gasteiger partial charge in [0.1, 0.15) is 6.33 Å². The molecule has 184 valence electrons. The minimum atomic E-state index is -0.107. The number of anilines is 2. The molecule has 1 N–H and O–H groups in total. The van der Waals surface area contributed by atoms with Crippen LogP contribution in [0.25, 0.3) is 5.69 Å². The molecule has 36 heavy (non-hydrogen) atoms. The molecule has 7 nitrogen and oxygen atoms in total. The normalized spacial score (nSPS) is 15.0. The maximum atomic E-state index is 13.3. The largest absolute Gasteiger partial charge is 0.368 e. The van der Waals surface area contributed by atoms with Crippen LogP contribution in [0.1, 0.15) is 53.5 Å². The van der Waals surface area contributed by atoms with Crippen molar-refractivity contribution in [3.8, 4) is 5.69 Å². The highest BCUT2D eigenvalue weighted by atomic mass is 16.1. The Morgan fingerprint density at radius 2 is 1.81 bits per heavy atom. The number of amides is 1. The first-order chi connectivity index (χ1) is 17.2. The minimum Gasteiger partial charge on any atom is -0.368 e. The number of nitrogens with one attached hydrogen (secondary N) is 1. The summed E-state index contributed by atoms with van der Waals surface area (Å²) in [6.07, 6.45) is 10.8. The molecule has 0 spiro atoms. The summed E-state index contributed by atoms with van der Waals surface area (Å²) in [4.78, 5) is 28.2. The highest BCUT2D eigenvalue weighted by Gasteiger charge is 2.26. The topological polar surface area (TPSA) is 75.9 Å². The zero-order chi connectivity index (χ0) is 25.4. The van der Waals surface area contributed by atoms with Gasteiger partial charge < -0.3 is 14.8 Å². The molecule has 2 heterocycles. The van der Waals surface area contributed by atoms with E-state index in [-0.39, 0.29) is 11.3 Å². The molecule has 1 atom stereocenters. The Morgan fingerprint density at radius 1 is 1.06 bits per heavy atom. The number of benzene rings is 2. The standard InChI is InChI=1S/C29H32N6O/c1-19-16-35(18-32-19)26-12-23(29(2,3)4)11-24(13-26)33-28(36)21-7-6-20-9-25(10-22(20)8-21)34(5)27-14-30-17-31-15-27/h6-8,11-18,25H,9-10H2,1-5H3,(H,33,36)/t25-/m1/s1. The van der Waals surface area contributed by atoms with Crippen molar-refractivity contribution in [1.29, 1.82) is 0 Å². The Morgan fingerprint density at radius 3 is 2.50 bits per heavy atom. The van der Waals surface area contributed by atoms with Gasteiger partial charge in [-0.2, -0.15) is 0 Å². The van der Waals surface area contributed by atoms with Gasteiger partial charge in [-0.15, -0.1) is 0 Å². The zero-order valence-corrected chi connectivity index (χ0v) is 21.5.